The molecule has 0 bridgehead atoms. The average Bonchev–Trinajstić information content (AvgIpc) is 2.96. The molecule has 0 radical (unpaired) electrons. The van der Waals surface area contributed by atoms with Crippen molar-refractivity contribution in [2.24, 2.45) is 0 Å². The zero-order valence-corrected chi connectivity index (χ0v) is 17.0. The molecule has 6 nitrogen and oxygen atoms in total. The Labute approximate surface area is 162 Å². The minimum Gasteiger partial charge on any atom is -0.459 e. The predicted molar refractivity (Wildman–Crippen MR) is 108 cm³/mol. The molecule has 3 rings (SSSR count). The molecule has 0 aliphatic heterocycles. The number of hydrogen-bond donors (Lipinski definition) is 1. The van der Waals surface area contributed by atoms with Crippen LogP contribution in [0.25, 0.3) is 10.2 Å². The molecular formula is C20H23N3O3S. The van der Waals surface area contributed by atoms with Crippen molar-refractivity contribution in [3.63, 3.8) is 0 Å². The van der Waals surface area contributed by atoms with E-state index in [0.29, 0.717) is 17.3 Å². The zero-order valence-electron chi connectivity index (χ0n) is 16.2. The van der Waals surface area contributed by atoms with E-state index in [0.717, 1.165) is 32.6 Å². The Kier molecular flexibility index (Phi) is 5.72. The highest BCUT2D eigenvalue weighted by Crippen LogP contribution is 2.36. The monoisotopic (exact) mass is 385 g/mol. The first-order valence-electron chi connectivity index (χ1n) is 8.67. The van der Waals surface area contributed by atoms with Crippen molar-refractivity contribution in [1.29, 1.82) is 0 Å². The second-order valence-corrected chi connectivity index (χ2v) is 7.49. The van der Waals surface area contributed by atoms with E-state index in [-0.39, 0.29) is 12.6 Å². The van der Waals surface area contributed by atoms with Crippen LogP contribution in [0.1, 0.15) is 31.9 Å². The minimum absolute atomic E-state index is 0.224. The number of fused-ring (bicyclic) bond motifs is 1. The van der Waals surface area contributed by atoms with Crippen LogP contribution in [0, 0.1) is 27.7 Å². The fourth-order valence-electron chi connectivity index (χ4n) is 3.14. The van der Waals surface area contributed by atoms with Crippen LogP contribution >= 0.6 is 11.3 Å². The lowest BCUT2D eigenvalue weighted by molar-refractivity contribution is 0.0393. The zero-order chi connectivity index (χ0) is 19.6. The minimum atomic E-state index is -0.360. The van der Waals surface area contributed by atoms with Crippen LogP contribution in [0.3, 0.4) is 0 Å². The highest BCUT2D eigenvalue weighted by atomic mass is 32.1. The number of ether oxygens (including phenoxy) is 2. The van der Waals surface area contributed by atoms with Crippen molar-refractivity contribution in [2.75, 3.05) is 25.6 Å². The van der Waals surface area contributed by atoms with Crippen LogP contribution in [0.2, 0.25) is 0 Å². The number of nitrogens with one attached hydrogen (secondary N) is 1. The van der Waals surface area contributed by atoms with Crippen LogP contribution in [-0.4, -0.2) is 36.3 Å². The Hall–Kier alpha value is -2.51. The molecule has 0 unspecified atom stereocenters. The number of anilines is 2. The van der Waals surface area contributed by atoms with Gasteiger partial charge < -0.3 is 14.8 Å². The van der Waals surface area contributed by atoms with E-state index in [1.165, 1.54) is 23.2 Å². The van der Waals surface area contributed by atoms with Crippen LogP contribution in [0.15, 0.2) is 18.5 Å². The number of aromatic nitrogens is 2. The summed E-state index contributed by atoms with van der Waals surface area (Å²) >= 11 is 1.32. The number of carbonyl (C=O) groups is 1. The normalized spacial score (nSPS) is 11.0. The molecule has 1 N–H and O–H groups in total. The van der Waals surface area contributed by atoms with E-state index >= 15 is 0 Å². The smallest absolute Gasteiger partial charge is 0.348 e. The molecular weight excluding hydrogens is 362 g/mol. The maximum Gasteiger partial charge on any atom is 0.348 e. The molecule has 0 amide bonds. The lowest BCUT2D eigenvalue weighted by Gasteiger charge is -2.14. The third-order valence-electron chi connectivity index (χ3n) is 4.35. The molecule has 7 heteroatoms. The first-order valence-corrected chi connectivity index (χ1v) is 9.49. The van der Waals surface area contributed by atoms with E-state index in [9.17, 15) is 4.79 Å². The lowest BCUT2D eigenvalue weighted by Crippen LogP contribution is -2.09. The topological polar surface area (TPSA) is 73.3 Å². The van der Waals surface area contributed by atoms with Crippen LogP contribution in [0.4, 0.5) is 11.5 Å². The first-order chi connectivity index (χ1) is 12.9. The number of benzene rings is 1. The summed E-state index contributed by atoms with van der Waals surface area (Å²) in [5, 5.41) is 4.29. The Balaban J connectivity index is 1.99. The molecule has 0 aliphatic rings. The number of esters is 1. The van der Waals surface area contributed by atoms with E-state index < -0.39 is 0 Å². The average molecular weight is 385 g/mol. The standard InChI is InChI=1S/C20H23N3O3S/c1-11-8-12(2)16(13(3)9-11)23-18-15-14(4)17(20(24)26-7-6-25-5)27-19(15)22-10-21-18/h8-10H,6-7H2,1-5H3,(H,21,22,23). The Morgan fingerprint density at radius 2 is 1.81 bits per heavy atom. The van der Waals surface area contributed by atoms with Gasteiger partial charge in [-0.3, -0.25) is 0 Å². The van der Waals surface area contributed by atoms with Gasteiger partial charge in [0.25, 0.3) is 0 Å². The molecule has 1 aromatic carbocycles. The number of thiophene rings is 1. The molecule has 2 aromatic heterocycles. The molecule has 0 saturated carbocycles. The van der Waals surface area contributed by atoms with Gasteiger partial charge in [-0.1, -0.05) is 17.7 Å². The van der Waals surface area contributed by atoms with Crippen molar-refractivity contribution in [2.45, 2.75) is 27.7 Å². The van der Waals surface area contributed by atoms with Crippen molar-refractivity contribution >= 4 is 39.0 Å². The number of hydrogen-bond acceptors (Lipinski definition) is 7. The largest absolute Gasteiger partial charge is 0.459 e. The molecule has 0 spiro atoms. The Morgan fingerprint density at radius 1 is 1.11 bits per heavy atom. The molecule has 0 aliphatic carbocycles. The highest BCUT2D eigenvalue weighted by Gasteiger charge is 2.21. The van der Waals surface area contributed by atoms with Crippen LogP contribution < -0.4 is 5.32 Å². The van der Waals surface area contributed by atoms with E-state index in [1.54, 1.807) is 7.11 Å². The van der Waals surface area contributed by atoms with Crippen molar-refractivity contribution < 1.29 is 14.3 Å². The maximum absolute atomic E-state index is 12.4. The number of nitrogens with zero attached hydrogens (tertiary/aromatic N) is 2. The summed E-state index contributed by atoms with van der Waals surface area (Å²) < 4.78 is 10.2. The number of carbonyl (C=O) groups excluding carboxylic acids is 1. The fraction of sp³-hybridized carbons (Fsp3) is 0.350. The lowest BCUT2D eigenvalue weighted by atomic mass is 10.0. The van der Waals surface area contributed by atoms with Gasteiger partial charge >= 0.3 is 5.97 Å². The van der Waals surface area contributed by atoms with Gasteiger partial charge in [-0.15, -0.1) is 11.3 Å². The summed E-state index contributed by atoms with van der Waals surface area (Å²) in [6.07, 6.45) is 1.51. The molecule has 0 saturated heterocycles. The summed E-state index contributed by atoms with van der Waals surface area (Å²) in [5.41, 5.74) is 5.35. The quantitative estimate of drug-likeness (QED) is 0.498. The molecule has 3 aromatic rings. The van der Waals surface area contributed by atoms with Gasteiger partial charge in [0, 0.05) is 12.8 Å². The van der Waals surface area contributed by atoms with Crippen molar-refractivity contribution in [3.05, 3.63) is 45.6 Å². The van der Waals surface area contributed by atoms with Gasteiger partial charge in [0.2, 0.25) is 0 Å². The Bertz CT molecular complexity index is 975. The van der Waals surface area contributed by atoms with Gasteiger partial charge in [0.15, 0.2) is 0 Å². The number of aryl methyl sites for hydroxylation is 4. The number of methoxy groups -OCH3 is 1. The molecule has 0 atom stereocenters. The van der Waals surface area contributed by atoms with E-state index in [1.807, 2.05) is 6.92 Å². The first kappa shape index (κ1) is 19.3. The highest BCUT2D eigenvalue weighted by molar-refractivity contribution is 7.20. The second kappa shape index (κ2) is 8.02. The van der Waals surface area contributed by atoms with E-state index in [4.69, 9.17) is 9.47 Å². The fourth-order valence-corrected chi connectivity index (χ4v) is 4.18. The van der Waals surface area contributed by atoms with Crippen LogP contribution in [0.5, 0.6) is 0 Å². The SMILES string of the molecule is COCCOC(=O)c1sc2ncnc(Nc3c(C)cc(C)cc3C)c2c1C. The maximum atomic E-state index is 12.4. The third-order valence-corrected chi connectivity index (χ3v) is 5.53. The summed E-state index contributed by atoms with van der Waals surface area (Å²) in [6.45, 7) is 8.71. The van der Waals surface area contributed by atoms with Gasteiger partial charge in [0.1, 0.15) is 28.5 Å². The van der Waals surface area contributed by atoms with Crippen molar-refractivity contribution in [3.8, 4) is 0 Å². The molecule has 2 heterocycles. The predicted octanol–water partition coefficient (Wildman–Crippen LogP) is 4.47. The van der Waals surface area contributed by atoms with Gasteiger partial charge in [0.05, 0.1) is 12.0 Å². The third kappa shape index (κ3) is 3.94. The molecule has 142 valence electrons. The second-order valence-electron chi connectivity index (χ2n) is 6.49. The van der Waals surface area contributed by atoms with E-state index in [2.05, 4.69) is 48.2 Å². The van der Waals surface area contributed by atoms with Gasteiger partial charge in [-0.25, -0.2) is 14.8 Å². The molecule has 27 heavy (non-hydrogen) atoms. The summed E-state index contributed by atoms with van der Waals surface area (Å²) in [4.78, 5) is 22.5. The molecule has 0 fully saturated rings. The van der Waals surface area contributed by atoms with Crippen LogP contribution in [-0.2, 0) is 9.47 Å². The van der Waals surface area contributed by atoms with Gasteiger partial charge in [-0.05, 0) is 44.4 Å². The summed E-state index contributed by atoms with van der Waals surface area (Å²) in [7, 11) is 1.57. The Morgan fingerprint density at radius 3 is 2.48 bits per heavy atom. The van der Waals surface area contributed by atoms with Crippen molar-refractivity contribution in [1.82, 2.24) is 9.97 Å². The summed E-state index contributed by atoms with van der Waals surface area (Å²) in [6, 6.07) is 4.26. The summed E-state index contributed by atoms with van der Waals surface area (Å²) in [5.74, 6) is 0.334. The van der Waals surface area contributed by atoms with Gasteiger partial charge in [-0.2, -0.15) is 0 Å². The number of rotatable bonds is 6.